The van der Waals surface area contributed by atoms with Crippen LogP contribution in [0.2, 0.25) is 0 Å². The number of benzene rings is 2. The molecule has 0 radical (unpaired) electrons. The highest BCUT2D eigenvalue weighted by Crippen LogP contribution is 2.14. The second-order valence-corrected chi connectivity index (χ2v) is 5.82. The lowest BCUT2D eigenvalue weighted by Gasteiger charge is -2.09. The zero-order chi connectivity index (χ0) is 17.0. The van der Waals surface area contributed by atoms with Crippen molar-refractivity contribution in [2.75, 3.05) is 11.9 Å². The van der Waals surface area contributed by atoms with Gasteiger partial charge in [-0.05, 0) is 62.6 Å². The lowest BCUT2D eigenvalue weighted by molar-refractivity contribution is -0.119. The van der Waals surface area contributed by atoms with Crippen molar-refractivity contribution in [3.8, 4) is 0 Å². The first-order chi connectivity index (χ1) is 10.8. The zero-order valence-electron chi connectivity index (χ0n) is 13.9. The molecule has 0 bridgehead atoms. The van der Waals surface area contributed by atoms with E-state index in [0.717, 1.165) is 22.3 Å². The highest BCUT2D eigenvalue weighted by atomic mass is 16.5. The second-order valence-electron chi connectivity index (χ2n) is 5.82. The van der Waals surface area contributed by atoms with Gasteiger partial charge in [0, 0.05) is 5.69 Å². The molecule has 0 aliphatic rings. The summed E-state index contributed by atoms with van der Waals surface area (Å²) in [6.45, 7) is 7.42. The van der Waals surface area contributed by atoms with Crippen molar-refractivity contribution in [3.05, 3.63) is 64.2 Å². The van der Waals surface area contributed by atoms with E-state index in [0.29, 0.717) is 11.3 Å². The van der Waals surface area contributed by atoms with Gasteiger partial charge in [0.1, 0.15) is 0 Å². The molecule has 1 amide bonds. The van der Waals surface area contributed by atoms with Crippen LogP contribution in [0.4, 0.5) is 5.69 Å². The fourth-order valence-corrected chi connectivity index (χ4v) is 2.50. The highest BCUT2D eigenvalue weighted by molar-refractivity contribution is 5.96. The van der Waals surface area contributed by atoms with Crippen LogP contribution in [0.5, 0.6) is 0 Å². The van der Waals surface area contributed by atoms with Gasteiger partial charge in [0.05, 0.1) is 5.56 Å². The van der Waals surface area contributed by atoms with Gasteiger partial charge in [0.2, 0.25) is 0 Å². The molecule has 0 unspecified atom stereocenters. The van der Waals surface area contributed by atoms with Crippen molar-refractivity contribution in [1.82, 2.24) is 0 Å². The molecule has 23 heavy (non-hydrogen) atoms. The molecule has 0 aliphatic heterocycles. The number of nitrogens with one attached hydrogen (secondary N) is 1. The van der Waals surface area contributed by atoms with Crippen LogP contribution in [-0.4, -0.2) is 18.5 Å². The molecule has 0 saturated carbocycles. The standard InChI is InChI=1S/C19H21NO3/c1-12-5-6-17(15(4)8-12)19(22)23-11-18(21)20-16-9-13(2)7-14(3)10-16/h5-10H,11H2,1-4H3,(H,20,21). The van der Waals surface area contributed by atoms with Gasteiger partial charge >= 0.3 is 5.97 Å². The quantitative estimate of drug-likeness (QED) is 0.876. The third-order valence-corrected chi connectivity index (χ3v) is 3.44. The predicted molar refractivity (Wildman–Crippen MR) is 90.7 cm³/mol. The number of carbonyl (C=O) groups is 2. The van der Waals surface area contributed by atoms with Gasteiger partial charge in [-0.1, -0.05) is 23.8 Å². The van der Waals surface area contributed by atoms with E-state index in [1.165, 1.54) is 0 Å². The Morgan fingerprint density at radius 1 is 0.913 bits per heavy atom. The van der Waals surface area contributed by atoms with E-state index < -0.39 is 5.97 Å². The first kappa shape index (κ1) is 16.7. The maximum atomic E-state index is 12.0. The number of aryl methyl sites for hydroxylation is 4. The molecule has 4 nitrogen and oxygen atoms in total. The smallest absolute Gasteiger partial charge is 0.338 e. The minimum atomic E-state index is -0.488. The highest BCUT2D eigenvalue weighted by Gasteiger charge is 2.13. The third-order valence-electron chi connectivity index (χ3n) is 3.44. The van der Waals surface area contributed by atoms with Gasteiger partial charge in [-0.2, -0.15) is 0 Å². The summed E-state index contributed by atoms with van der Waals surface area (Å²) in [5.74, 6) is -0.841. The van der Waals surface area contributed by atoms with Gasteiger partial charge < -0.3 is 10.1 Å². The van der Waals surface area contributed by atoms with Gasteiger partial charge in [-0.25, -0.2) is 4.79 Å². The summed E-state index contributed by atoms with van der Waals surface area (Å²) in [5, 5.41) is 2.74. The molecule has 0 heterocycles. The van der Waals surface area contributed by atoms with E-state index in [1.54, 1.807) is 6.07 Å². The van der Waals surface area contributed by atoms with Crippen LogP contribution < -0.4 is 5.32 Å². The Morgan fingerprint density at radius 2 is 1.57 bits per heavy atom. The first-order valence-electron chi connectivity index (χ1n) is 7.47. The maximum absolute atomic E-state index is 12.0. The Bertz CT molecular complexity index is 730. The van der Waals surface area contributed by atoms with Crippen LogP contribution in [-0.2, 0) is 9.53 Å². The van der Waals surface area contributed by atoms with E-state index in [9.17, 15) is 9.59 Å². The average molecular weight is 311 g/mol. The van der Waals surface area contributed by atoms with E-state index in [4.69, 9.17) is 4.74 Å². The number of carbonyl (C=O) groups excluding carboxylic acids is 2. The third kappa shape index (κ3) is 4.68. The van der Waals surface area contributed by atoms with Crippen LogP contribution in [0.15, 0.2) is 36.4 Å². The number of rotatable bonds is 4. The Hall–Kier alpha value is -2.62. The Kier molecular flexibility index (Phi) is 5.16. The van der Waals surface area contributed by atoms with Gasteiger partial charge in [0.25, 0.3) is 5.91 Å². The summed E-state index contributed by atoms with van der Waals surface area (Å²) in [4.78, 5) is 24.0. The van der Waals surface area contributed by atoms with E-state index in [1.807, 2.05) is 58.0 Å². The second kappa shape index (κ2) is 7.09. The SMILES string of the molecule is Cc1cc(C)cc(NC(=O)COC(=O)c2ccc(C)cc2C)c1. The largest absolute Gasteiger partial charge is 0.452 e. The Labute approximate surface area is 136 Å². The molecule has 2 aromatic carbocycles. The molecule has 0 aliphatic carbocycles. The van der Waals surface area contributed by atoms with Crippen LogP contribution >= 0.6 is 0 Å². The van der Waals surface area contributed by atoms with Gasteiger partial charge in [0.15, 0.2) is 6.61 Å². The molecular weight excluding hydrogens is 290 g/mol. The molecule has 0 aromatic heterocycles. The average Bonchev–Trinajstić information content (AvgIpc) is 2.43. The molecule has 2 aromatic rings. The fourth-order valence-electron chi connectivity index (χ4n) is 2.50. The summed E-state index contributed by atoms with van der Waals surface area (Å²) < 4.78 is 5.09. The summed E-state index contributed by atoms with van der Waals surface area (Å²) in [6, 6.07) is 11.2. The van der Waals surface area contributed by atoms with Crippen LogP contribution in [0, 0.1) is 27.7 Å². The fraction of sp³-hybridized carbons (Fsp3) is 0.263. The zero-order valence-corrected chi connectivity index (χ0v) is 13.9. The minimum absolute atomic E-state index is 0.306. The summed E-state index contributed by atoms with van der Waals surface area (Å²) in [5.41, 5.74) is 5.22. The predicted octanol–water partition coefficient (Wildman–Crippen LogP) is 3.72. The van der Waals surface area contributed by atoms with Crippen molar-refractivity contribution in [2.24, 2.45) is 0 Å². The molecular formula is C19H21NO3. The maximum Gasteiger partial charge on any atom is 0.338 e. The molecule has 4 heteroatoms. The number of anilines is 1. The molecule has 120 valence electrons. The molecule has 1 N–H and O–H groups in total. The normalized spacial score (nSPS) is 10.3. The lowest BCUT2D eigenvalue weighted by atomic mass is 10.1. The van der Waals surface area contributed by atoms with Crippen molar-refractivity contribution < 1.29 is 14.3 Å². The Morgan fingerprint density at radius 3 is 2.17 bits per heavy atom. The summed E-state index contributed by atoms with van der Waals surface area (Å²) in [7, 11) is 0. The van der Waals surface area contributed by atoms with Crippen LogP contribution in [0.25, 0.3) is 0 Å². The van der Waals surface area contributed by atoms with Crippen molar-refractivity contribution >= 4 is 17.6 Å². The molecule has 0 spiro atoms. The van der Waals surface area contributed by atoms with E-state index in [-0.39, 0.29) is 12.5 Å². The van der Waals surface area contributed by atoms with Crippen LogP contribution in [0.1, 0.15) is 32.6 Å². The number of ether oxygens (including phenoxy) is 1. The summed E-state index contributed by atoms with van der Waals surface area (Å²) >= 11 is 0. The topological polar surface area (TPSA) is 55.4 Å². The lowest BCUT2D eigenvalue weighted by Crippen LogP contribution is -2.21. The van der Waals surface area contributed by atoms with Crippen molar-refractivity contribution in [3.63, 3.8) is 0 Å². The minimum Gasteiger partial charge on any atom is -0.452 e. The number of hydrogen-bond donors (Lipinski definition) is 1. The number of hydrogen-bond acceptors (Lipinski definition) is 3. The molecule has 2 rings (SSSR count). The van der Waals surface area contributed by atoms with Crippen molar-refractivity contribution in [2.45, 2.75) is 27.7 Å². The van der Waals surface area contributed by atoms with Crippen molar-refractivity contribution in [1.29, 1.82) is 0 Å². The monoisotopic (exact) mass is 311 g/mol. The first-order valence-corrected chi connectivity index (χ1v) is 7.47. The Balaban J connectivity index is 1.94. The van der Waals surface area contributed by atoms with Crippen LogP contribution in [0.3, 0.4) is 0 Å². The number of amides is 1. The number of esters is 1. The molecule has 0 atom stereocenters. The van der Waals surface area contributed by atoms with Gasteiger partial charge in [-0.15, -0.1) is 0 Å². The molecule has 0 fully saturated rings. The molecule has 0 saturated heterocycles. The summed E-state index contributed by atoms with van der Waals surface area (Å²) in [6.07, 6.45) is 0. The van der Waals surface area contributed by atoms with Gasteiger partial charge in [-0.3, -0.25) is 4.79 Å². The van der Waals surface area contributed by atoms with E-state index in [2.05, 4.69) is 5.32 Å². The van der Waals surface area contributed by atoms with E-state index >= 15 is 0 Å².